The van der Waals surface area contributed by atoms with Gasteiger partial charge in [0, 0.05) is 18.9 Å². The van der Waals surface area contributed by atoms with Gasteiger partial charge in [0.2, 0.25) is 0 Å². The van der Waals surface area contributed by atoms with Gasteiger partial charge in [0.05, 0.1) is 0 Å². The second-order valence-corrected chi connectivity index (χ2v) is 5.09. The van der Waals surface area contributed by atoms with Crippen molar-refractivity contribution in [1.29, 1.82) is 0 Å². The number of ether oxygens (including phenoxy) is 1. The predicted octanol–water partition coefficient (Wildman–Crippen LogP) is 2.70. The average Bonchev–Trinajstić information content (AvgIpc) is 2.36. The van der Waals surface area contributed by atoms with Crippen molar-refractivity contribution in [2.75, 3.05) is 19.4 Å². The van der Waals surface area contributed by atoms with Crippen LogP contribution in [0, 0.1) is 5.92 Å². The van der Waals surface area contributed by atoms with Crippen molar-refractivity contribution in [3.63, 3.8) is 0 Å². The number of hydrogen-bond donors (Lipinski definition) is 1. The maximum Gasteiger partial charge on any atom is 0.139 e. The number of rotatable bonds is 8. The van der Waals surface area contributed by atoms with E-state index in [0.29, 0.717) is 13.0 Å². The molecule has 0 radical (unpaired) electrons. The fourth-order valence-corrected chi connectivity index (χ4v) is 1.71. The first-order valence-corrected chi connectivity index (χ1v) is 7.36. The smallest absolute Gasteiger partial charge is 0.139 e. The molecule has 18 heavy (non-hydrogen) atoms. The van der Waals surface area contributed by atoms with Crippen molar-refractivity contribution in [3.8, 4) is 5.75 Å². The molecule has 0 spiro atoms. The molecule has 0 fully saturated rings. The largest absolute Gasteiger partial charge is 0.492 e. The van der Waals surface area contributed by atoms with Crippen LogP contribution in [0.25, 0.3) is 0 Å². The summed E-state index contributed by atoms with van der Waals surface area (Å²) in [6.07, 6.45) is 2.49. The SMILES string of the molecule is CSNCCOc1ccc(CC(=O)C(C)C)cc1. The van der Waals surface area contributed by atoms with Gasteiger partial charge in [-0.05, 0) is 24.0 Å². The molecular formula is C14H21NO2S. The van der Waals surface area contributed by atoms with Gasteiger partial charge in [-0.1, -0.05) is 37.9 Å². The van der Waals surface area contributed by atoms with Gasteiger partial charge >= 0.3 is 0 Å². The number of carbonyl (C=O) groups excluding carboxylic acids is 1. The fraction of sp³-hybridized carbons (Fsp3) is 0.500. The zero-order chi connectivity index (χ0) is 13.4. The lowest BCUT2D eigenvalue weighted by Gasteiger charge is -2.08. The van der Waals surface area contributed by atoms with Crippen molar-refractivity contribution in [2.45, 2.75) is 20.3 Å². The van der Waals surface area contributed by atoms with Gasteiger partial charge < -0.3 is 4.74 Å². The molecule has 100 valence electrons. The Bertz CT molecular complexity index is 363. The first-order valence-electron chi connectivity index (χ1n) is 6.13. The van der Waals surface area contributed by atoms with Crippen LogP contribution in [-0.2, 0) is 11.2 Å². The third-order valence-corrected chi connectivity index (χ3v) is 3.06. The number of ketones is 1. The van der Waals surface area contributed by atoms with E-state index >= 15 is 0 Å². The average molecular weight is 267 g/mol. The normalized spacial score (nSPS) is 10.7. The van der Waals surface area contributed by atoms with Gasteiger partial charge in [-0.3, -0.25) is 9.52 Å². The molecular weight excluding hydrogens is 246 g/mol. The van der Waals surface area contributed by atoms with E-state index in [9.17, 15) is 4.79 Å². The van der Waals surface area contributed by atoms with E-state index in [0.717, 1.165) is 17.9 Å². The van der Waals surface area contributed by atoms with Crippen LogP contribution < -0.4 is 9.46 Å². The lowest BCUT2D eigenvalue weighted by Crippen LogP contribution is -2.14. The van der Waals surface area contributed by atoms with Crippen molar-refractivity contribution in [1.82, 2.24) is 4.72 Å². The summed E-state index contributed by atoms with van der Waals surface area (Å²) < 4.78 is 8.67. The van der Waals surface area contributed by atoms with E-state index in [-0.39, 0.29) is 11.7 Å². The monoisotopic (exact) mass is 267 g/mol. The van der Waals surface area contributed by atoms with E-state index in [2.05, 4.69) is 4.72 Å². The van der Waals surface area contributed by atoms with Crippen LogP contribution in [-0.4, -0.2) is 25.2 Å². The minimum absolute atomic E-state index is 0.0959. The molecule has 0 aliphatic heterocycles. The number of carbonyl (C=O) groups is 1. The zero-order valence-corrected chi connectivity index (χ0v) is 12.0. The molecule has 0 heterocycles. The van der Waals surface area contributed by atoms with Gasteiger partial charge in [-0.2, -0.15) is 0 Å². The van der Waals surface area contributed by atoms with E-state index in [1.807, 2.05) is 44.4 Å². The highest BCUT2D eigenvalue weighted by Crippen LogP contribution is 2.13. The van der Waals surface area contributed by atoms with E-state index < -0.39 is 0 Å². The molecule has 0 aliphatic rings. The van der Waals surface area contributed by atoms with Crippen LogP contribution in [0.2, 0.25) is 0 Å². The fourth-order valence-electron chi connectivity index (χ4n) is 1.42. The molecule has 3 nitrogen and oxygen atoms in total. The summed E-state index contributed by atoms with van der Waals surface area (Å²) in [6.45, 7) is 5.32. The summed E-state index contributed by atoms with van der Waals surface area (Å²) in [6, 6.07) is 7.75. The zero-order valence-electron chi connectivity index (χ0n) is 11.2. The Morgan fingerprint density at radius 1 is 1.33 bits per heavy atom. The molecule has 1 N–H and O–H groups in total. The minimum Gasteiger partial charge on any atom is -0.492 e. The molecule has 0 saturated carbocycles. The first-order chi connectivity index (χ1) is 8.63. The van der Waals surface area contributed by atoms with Gasteiger partial charge in [0.15, 0.2) is 0 Å². The summed E-state index contributed by atoms with van der Waals surface area (Å²) in [5, 5.41) is 0. The Balaban J connectivity index is 2.40. The van der Waals surface area contributed by atoms with Crippen molar-refractivity contribution < 1.29 is 9.53 Å². The number of nitrogens with one attached hydrogen (secondary N) is 1. The molecule has 0 aromatic heterocycles. The van der Waals surface area contributed by atoms with Crippen LogP contribution in [0.5, 0.6) is 5.75 Å². The third kappa shape index (κ3) is 5.56. The van der Waals surface area contributed by atoms with Crippen LogP contribution in [0.1, 0.15) is 19.4 Å². The molecule has 0 aliphatic carbocycles. The standard InChI is InChI=1S/C14H21NO2S/c1-11(2)14(16)10-12-4-6-13(7-5-12)17-9-8-15-18-3/h4-7,11,15H,8-10H2,1-3H3. The lowest BCUT2D eigenvalue weighted by atomic mass is 10.0. The van der Waals surface area contributed by atoms with Gasteiger partial charge in [-0.25, -0.2) is 0 Å². The molecule has 1 rings (SSSR count). The topological polar surface area (TPSA) is 38.3 Å². The third-order valence-electron chi connectivity index (χ3n) is 2.56. The maximum absolute atomic E-state index is 11.6. The van der Waals surface area contributed by atoms with E-state index in [1.54, 1.807) is 11.9 Å². The predicted molar refractivity (Wildman–Crippen MR) is 77.0 cm³/mol. The number of hydrogen-bond acceptors (Lipinski definition) is 4. The molecule has 0 saturated heterocycles. The Morgan fingerprint density at radius 3 is 2.56 bits per heavy atom. The van der Waals surface area contributed by atoms with Crippen molar-refractivity contribution in [2.24, 2.45) is 5.92 Å². The molecule has 0 bridgehead atoms. The van der Waals surface area contributed by atoms with Crippen molar-refractivity contribution >= 4 is 17.7 Å². The Labute approximate surface area is 113 Å². The Kier molecular flexibility index (Phi) is 6.83. The molecule has 1 aromatic carbocycles. The van der Waals surface area contributed by atoms with Gasteiger partial charge in [0.25, 0.3) is 0 Å². The molecule has 1 aromatic rings. The van der Waals surface area contributed by atoms with Crippen molar-refractivity contribution in [3.05, 3.63) is 29.8 Å². The van der Waals surface area contributed by atoms with Gasteiger partial charge in [-0.15, -0.1) is 0 Å². The summed E-state index contributed by atoms with van der Waals surface area (Å²) in [5.41, 5.74) is 1.04. The van der Waals surface area contributed by atoms with Crippen LogP contribution >= 0.6 is 11.9 Å². The summed E-state index contributed by atoms with van der Waals surface area (Å²) in [4.78, 5) is 11.6. The second-order valence-electron chi connectivity index (χ2n) is 4.39. The number of Topliss-reactive ketones (excluding diaryl/α,β-unsaturated/α-hetero) is 1. The highest BCUT2D eigenvalue weighted by molar-refractivity contribution is 7.96. The molecule has 0 unspecified atom stereocenters. The lowest BCUT2D eigenvalue weighted by molar-refractivity contribution is -0.121. The van der Waals surface area contributed by atoms with Crippen LogP contribution in [0.3, 0.4) is 0 Å². The first kappa shape index (κ1) is 15.1. The minimum atomic E-state index is 0.0959. The number of benzene rings is 1. The van der Waals surface area contributed by atoms with E-state index in [1.165, 1.54) is 0 Å². The van der Waals surface area contributed by atoms with E-state index in [4.69, 9.17) is 4.74 Å². The Morgan fingerprint density at radius 2 is 2.00 bits per heavy atom. The van der Waals surface area contributed by atoms with Crippen LogP contribution in [0.15, 0.2) is 24.3 Å². The maximum atomic E-state index is 11.6. The van der Waals surface area contributed by atoms with Crippen LogP contribution in [0.4, 0.5) is 0 Å². The Hall–Kier alpha value is -1.00. The highest BCUT2D eigenvalue weighted by Gasteiger charge is 2.07. The summed E-state index contributed by atoms with van der Waals surface area (Å²) in [5.74, 6) is 1.21. The molecule has 4 heteroatoms. The molecule has 0 amide bonds. The van der Waals surface area contributed by atoms with Gasteiger partial charge in [0.1, 0.15) is 18.1 Å². The highest BCUT2D eigenvalue weighted by atomic mass is 32.2. The quantitative estimate of drug-likeness (QED) is 0.580. The molecule has 0 atom stereocenters. The second kappa shape index (κ2) is 8.16. The summed E-state index contributed by atoms with van der Waals surface area (Å²) >= 11 is 1.58. The summed E-state index contributed by atoms with van der Waals surface area (Å²) in [7, 11) is 0.